The van der Waals surface area contributed by atoms with Gasteiger partial charge in [-0.15, -0.1) is 0 Å². The predicted octanol–water partition coefficient (Wildman–Crippen LogP) is 1.37. The van der Waals surface area contributed by atoms with Crippen LogP contribution < -0.4 is 5.32 Å². The summed E-state index contributed by atoms with van der Waals surface area (Å²) in [5.41, 5.74) is 1.89. The smallest absolute Gasteiger partial charge is 0.253 e. The fourth-order valence-electron chi connectivity index (χ4n) is 1.88. The molecule has 106 valence electrons. The molecule has 0 atom stereocenters. The largest absolute Gasteiger partial charge is 0.345 e. The van der Waals surface area contributed by atoms with Crippen LogP contribution in [0.25, 0.3) is 0 Å². The maximum Gasteiger partial charge on any atom is 0.253 e. The van der Waals surface area contributed by atoms with Gasteiger partial charge in [-0.25, -0.2) is 4.98 Å². The third kappa shape index (κ3) is 3.93. The minimum atomic E-state index is 0.0321. The number of imidazole rings is 1. The van der Waals surface area contributed by atoms with Gasteiger partial charge in [0.2, 0.25) is 0 Å². The van der Waals surface area contributed by atoms with Crippen molar-refractivity contribution in [2.24, 2.45) is 0 Å². The fraction of sp³-hybridized carbons (Fsp3) is 0.333. The maximum absolute atomic E-state index is 11.7. The van der Waals surface area contributed by atoms with Gasteiger partial charge in [-0.05, 0) is 17.7 Å². The highest BCUT2D eigenvalue weighted by Crippen LogP contribution is 2.06. The zero-order valence-corrected chi connectivity index (χ0v) is 11.9. The van der Waals surface area contributed by atoms with Gasteiger partial charge in [-0.3, -0.25) is 4.79 Å². The van der Waals surface area contributed by atoms with Crippen LogP contribution in [0.15, 0.2) is 43.0 Å². The molecule has 2 aromatic rings. The molecule has 0 fully saturated rings. The zero-order chi connectivity index (χ0) is 14.4. The van der Waals surface area contributed by atoms with E-state index in [0.717, 1.165) is 25.2 Å². The molecule has 0 aliphatic carbocycles. The number of benzene rings is 1. The molecule has 0 bridgehead atoms. The van der Waals surface area contributed by atoms with E-state index in [2.05, 4.69) is 10.3 Å². The van der Waals surface area contributed by atoms with Gasteiger partial charge in [0.25, 0.3) is 5.91 Å². The average molecular weight is 272 g/mol. The van der Waals surface area contributed by atoms with Crippen LogP contribution in [0.3, 0.4) is 0 Å². The number of amides is 1. The SMILES string of the molecule is CN(C)C(=O)c1ccc(CNCCn2ccnc2)cc1. The zero-order valence-electron chi connectivity index (χ0n) is 11.9. The molecule has 1 heterocycles. The topological polar surface area (TPSA) is 50.2 Å². The van der Waals surface area contributed by atoms with Crippen LogP contribution in [-0.2, 0) is 13.1 Å². The van der Waals surface area contributed by atoms with Gasteiger partial charge in [-0.1, -0.05) is 12.1 Å². The van der Waals surface area contributed by atoms with Gasteiger partial charge in [0.1, 0.15) is 0 Å². The Labute approximate surface area is 119 Å². The lowest BCUT2D eigenvalue weighted by Gasteiger charge is -2.11. The Hall–Kier alpha value is -2.14. The van der Waals surface area contributed by atoms with Gasteiger partial charge in [0, 0.05) is 51.7 Å². The van der Waals surface area contributed by atoms with Gasteiger partial charge >= 0.3 is 0 Å². The monoisotopic (exact) mass is 272 g/mol. The Balaban J connectivity index is 1.77. The highest BCUT2D eigenvalue weighted by Gasteiger charge is 2.06. The van der Waals surface area contributed by atoms with Crippen molar-refractivity contribution >= 4 is 5.91 Å². The average Bonchev–Trinajstić information content (AvgIpc) is 2.96. The molecule has 0 spiro atoms. The quantitative estimate of drug-likeness (QED) is 0.808. The summed E-state index contributed by atoms with van der Waals surface area (Å²) in [5, 5.41) is 3.37. The Kier molecular flexibility index (Phi) is 4.90. The van der Waals surface area contributed by atoms with Crippen molar-refractivity contribution in [3.8, 4) is 0 Å². The van der Waals surface area contributed by atoms with E-state index in [9.17, 15) is 4.79 Å². The Morgan fingerprint density at radius 2 is 2.05 bits per heavy atom. The first-order valence-corrected chi connectivity index (χ1v) is 6.64. The summed E-state index contributed by atoms with van der Waals surface area (Å²) in [6, 6.07) is 7.71. The molecule has 5 nitrogen and oxygen atoms in total. The van der Waals surface area contributed by atoms with Gasteiger partial charge in [0.05, 0.1) is 6.33 Å². The molecular formula is C15H20N4O. The maximum atomic E-state index is 11.7. The third-order valence-electron chi connectivity index (χ3n) is 3.04. The van der Waals surface area contributed by atoms with E-state index in [1.54, 1.807) is 25.2 Å². The lowest BCUT2D eigenvalue weighted by molar-refractivity contribution is 0.0827. The normalized spacial score (nSPS) is 10.5. The van der Waals surface area contributed by atoms with Crippen molar-refractivity contribution in [2.75, 3.05) is 20.6 Å². The van der Waals surface area contributed by atoms with Crippen LogP contribution in [0.4, 0.5) is 0 Å². The van der Waals surface area contributed by atoms with Crippen LogP contribution in [0, 0.1) is 0 Å². The first-order chi connectivity index (χ1) is 9.66. The Morgan fingerprint density at radius 1 is 1.30 bits per heavy atom. The number of rotatable bonds is 6. The molecule has 1 amide bonds. The second-order valence-electron chi connectivity index (χ2n) is 4.87. The first kappa shape index (κ1) is 14.3. The standard InChI is InChI=1S/C15H20N4O/c1-18(2)15(20)14-5-3-13(4-6-14)11-16-7-9-19-10-8-17-12-19/h3-6,8,10,12,16H,7,9,11H2,1-2H3. The molecule has 0 saturated carbocycles. The molecule has 1 aromatic heterocycles. The molecule has 1 aromatic carbocycles. The summed E-state index contributed by atoms with van der Waals surface area (Å²) in [7, 11) is 3.52. The minimum absolute atomic E-state index is 0.0321. The number of hydrogen-bond acceptors (Lipinski definition) is 3. The predicted molar refractivity (Wildman–Crippen MR) is 78.4 cm³/mol. The summed E-state index contributed by atoms with van der Waals surface area (Å²) in [5.74, 6) is 0.0321. The third-order valence-corrected chi connectivity index (χ3v) is 3.04. The highest BCUT2D eigenvalue weighted by atomic mass is 16.2. The lowest BCUT2D eigenvalue weighted by atomic mass is 10.1. The number of nitrogens with zero attached hydrogens (tertiary/aromatic N) is 3. The van der Waals surface area contributed by atoms with E-state index < -0.39 is 0 Å². The number of carbonyl (C=O) groups excluding carboxylic acids is 1. The van der Waals surface area contributed by atoms with E-state index >= 15 is 0 Å². The second-order valence-corrected chi connectivity index (χ2v) is 4.87. The molecule has 1 N–H and O–H groups in total. The van der Waals surface area contributed by atoms with Crippen molar-refractivity contribution in [1.82, 2.24) is 19.8 Å². The molecule has 20 heavy (non-hydrogen) atoms. The molecule has 0 aliphatic heterocycles. The van der Waals surface area contributed by atoms with Crippen LogP contribution in [0.5, 0.6) is 0 Å². The van der Waals surface area contributed by atoms with Crippen LogP contribution in [0.2, 0.25) is 0 Å². The van der Waals surface area contributed by atoms with E-state index in [1.807, 2.05) is 41.4 Å². The number of carbonyl (C=O) groups is 1. The van der Waals surface area contributed by atoms with Gasteiger partial charge in [0.15, 0.2) is 0 Å². The minimum Gasteiger partial charge on any atom is -0.345 e. The van der Waals surface area contributed by atoms with Crippen molar-refractivity contribution in [3.05, 3.63) is 54.1 Å². The van der Waals surface area contributed by atoms with E-state index in [-0.39, 0.29) is 5.91 Å². The number of hydrogen-bond donors (Lipinski definition) is 1. The summed E-state index contributed by atoms with van der Waals surface area (Å²) in [4.78, 5) is 17.3. The Bertz CT molecular complexity index is 532. The fourth-order valence-corrected chi connectivity index (χ4v) is 1.88. The second kappa shape index (κ2) is 6.86. The van der Waals surface area contributed by atoms with Crippen LogP contribution >= 0.6 is 0 Å². The van der Waals surface area contributed by atoms with Gasteiger partial charge in [-0.2, -0.15) is 0 Å². The molecule has 0 radical (unpaired) electrons. The van der Waals surface area contributed by atoms with Crippen LogP contribution in [-0.4, -0.2) is 41.0 Å². The molecule has 0 aliphatic rings. The summed E-state index contributed by atoms with van der Waals surface area (Å²) in [6.07, 6.45) is 5.53. The highest BCUT2D eigenvalue weighted by molar-refractivity contribution is 5.93. The van der Waals surface area contributed by atoms with E-state index in [0.29, 0.717) is 0 Å². The molecule has 0 saturated heterocycles. The number of aromatic nitrogens is 2. The van der Waals surface area contributed by atoms with Crippen molar-refractivity contribution in [3.63, 3.8) is 0 Å². The summed E-state index contributed by atoms with van der Waals surface area (Å²) in [6.45, 7) is 2.58. The molecular weight excluding hydrogens is 252 g/mol. The van der Waals surface area contributed by atoms with E-state index in [1.165, 1.54) is 5.56 Å². The van der Waals surface area contributed by atoms with Crippen molar-refractivity contribution in [2.45, 2.75) is 13.1 Å². The Morgan fingerprint density at radius 3 is 2.65 bits per heavy atom. The first-order valence-electron chi connectivity index (χ1n) is 6.64. The summed E-state index contributed by atoms with van der Waals surface area (Å²) < 4.78 is 2.03. The summed E-state index contributed by atoms with van der Waals surface area (Å²) >= 11 is 0. The molecule has 5 heteroatoms. The molecule has 2 rings (SSSR count). The number of nitrogens with one attached hydrogen (secondary N) is 1. The van der Waals surface area contributed by atoms with Crippen molar-refractivity contribution in [1.29, 1.82) is 0 Å². The van der Waals surface area contributed by atoms with Crippen LogP contribution in [0.1, 0.15) is 15.9 Å². The van der Waals surface area contributed by atoms with Crippen molar-refractivity contribution < 1.29 is 4.79 Å². The van der Waals surface area contributed by atoms with Gasteiger partial charge < -0.3 is 14.8 Å². The lowest BCUT2D eigenvalue weighted by Crippen LogP contribution is -2.22. The van der Waals surface area contributed by atoms with E-state index in [4.69, 9.17) is 0 Å². The molecule has 0 unspecified atom stereocenters.